The average molecular weight is 267 g/mol. The van der Waals surface area contributed by atoms with Crippen molar-refractivity contribution in [3.05, 3.63) is 48.0 Å². The van der Waals surface area contributed by atoms with E-state index < -0.39 is 0 Å². The molecule has 0 saturated carbocycles. The van der Waals surface area contributed by atoms with Crippen LogP contribution in [0.15, 0.2) is 47.4 Å². The lowest BCUT2D eigenvalue weighted by atomic mass is 10.1. The van der Waals surface area contributed by atoms with Gasteiger partial charge in [-0.2, -0.15) is 0 Å². The molecular formula is C16H13NOS. The zero-order valence-corrected chi connectivity index (χ0v) is 11.4. The number of fused-ring (bicyclic) bond motifs is 5. The van der Waals surface area contributed by atoms with Gasteiger partial charge < -0.3 is 9.67 Å². The molecule has 0 bridgehead atoms. The monoisotopic (exact) mass is 267 g/mol. The van der Waals surface area contributed by atoms with Gasteiger partial charge in [0.2, 0.25) is 0 Å². The Kier molecular flexibility index (Phi) is 2.21. The maximum absolute atomic E-state index is 9.72. The van der Waals surface area contributed by atoms with Crippen LogP contribution in [0.2, 0.25) is 0 Å². The molecule has 3 aromatic rings. The van der Waals surface area contributed by atoms with Gasteiger partial charge in [0, 0.05) is 34.2 Å². The van der Waals surface area contributed by atoms with Crippen molar-refractivity contribution in [2.45, 2.75) is 10.6 Å². The summed E-state index contributed by atoms with van der Waals surface area (Å²) in [7, 11) is 2.10. The van der Waals surface area contributed by atoms with E-state index in [4.69, 9.17) is 0 Å². The quantitative estimate of drug-likeness (QED) is 0.661. The second-order valence-corrected chi connectivity index (χ2v) is 5.87. The van der Waals surface area contributed by atoms with Gasteiger partial charge in [0.25, 0.3) is 0 Å². The van der Waals surface area contributed by atoms with Crippen molar-refractivity contribution in [3.63, 3.8) is 0 Å². The maximum Gasteiger partial charge on any atom is 0.116 e. The first kappa shape index (κ1) is 11.0. The number of benzene rings is 2. The van der Waals surface area contributed by atoms with Gasteiger partial charge in [-0.1, -0.05) is 24.3 Å². The first-order chi connectivity index (χ1) is 9.25. The van der Waals surface area contributed by atoms with Gasteiger partial charge in [-0.25, -0.2) is 0 Å². The minimum absolute atomic E-state index is 0.334. The normalized spacial score (nSPS) is 13.3. The molecule has 0 spiro atoms. The van der Waals surface area contributed by atoms with E-state index in [9.17, 15) is 5.11 Å². The van der Waals surface area contributed by atoms with Crippen LogP contribution in [-0.2, 0) is 12.8 Å². The number of phenolic OH excluding ortho intramolecular Hbond substituents is 1. The molecule has 4 rings (SSSR count). The first-order valence-corrected chi connectivity index (χ1v) is 7.27. The molecular weight excluding hydrogens is 254 g/mol. The topological polar surface area (TPSA) is 25.2 Å². The third-order valence-corrected chi connectivity index (χ3v) is 4.94. The number of nitrogens with zero attached hydrogens (tertiary/aromatic N) is 1. The van der Waals surface area contributed by atoms with Crippen LogP contribution in [-0.4, -0.2) is 9.67 Å². The second kappa shape index (κ2) is 3.81. The SMILES string of the molecule is Cn1c2c(c3cc(O)ccc31)SCc1ccccc1-2. The van der Waals surface area contributed by atoms with Gasteiger partial charge in [-0.15, -0.1) is 11.8 Å². The summed E-state index contributed by atoms with van der Waals surface area (Å²) in [6.45, 7) is 0. The highest BCUT2D eigenvalue weighted by Gasteiger charge is 2.23. The maximum atomic E-state index is 9.72. The van der Waals surface area contributed by atoms with Crippen molar-refractivity contribution in [2.75, 3.05) is 0 Å². The van der Waals surface area contributed by atoms with Crippen molar-refractivity contribution < 1.29 is 5.11 Å². The molecule has 0 aliphatic carbocycles. The molecule has 0 unspecified atom stereocenters. The summed E-state index contributed by atoms with van der Waals surface area (Å²) in [4.78, 5) is 1.28. The van der Waals surface area contributed by atoms with Crippen LogP contribution in [0.3, 0.4) is 0 Å². The Labute approximate surface area is 115 Å². The minimum Gasteiger partial charge on any atom is -0.508 e. The van der Waals surface area contributed by atoms with Crippen LogP contribution in [0.5, 0.6) is 5.75 Å². The number of aromatic nitrogens is 1. The Morgan fingerprint density at radius 1 is 1.16 bits per heavy atom. The standard InChI is InChI=1S/C16H13NOS/c1-17-14-7-6-11(18)8-13(14)16-15(17)12-5-3-2-4-10(12)9-19-16/h2-8,18H,9H2,1H3. The van der Waals surface area contributed by atoms with E-state index in [2.05, 4.69) is 35.9 Å². The molecule has 0 radical (unpaired) electrons. The molecule has 0 fully saturated rings. The summed E-state index contributed by atoms with van der Waals surface area (Å²) < 4.78 is 2.23. The molecule has 0 amide bonds. The first-order valence-electron chi connectivity index (χ1n) is 6.28. The van der Waals surface area contributed by atoms with Crippen molar-refractivity contribution >= 4 is 22.7 Å². The zero-order chi connectivity index (χ0) is 13.0. The molecule has 0 atom stereocenters. The van der Waals surface area contributed by atoms with Crippen LogP contribution < -0.4 is 0 Å². The number of phenols is 1. The fourth-order valence-corrected chi connectivity index (χ4v) is 4.13. The Balaban J connectivity index is 2.14. The lowest BCUT2D eigenvalue weighted by Crippen LogP contribution is -1.99. The molecule has 19 heavy (non-hydrogen) atoms. The number of rotatable bonds is 0. The van der Waals surface area contributed by atoms with Crippen molar-refractivity contribution in [3.8, 4) is 17.0 Å². The summed E-state index contributed by atoms with van der Waals surface area (Å²) in [5, 5.41) is 10.9. The fourth-order valence-electron chi connectivity index (χ4n) is 2.87. The van der Waals surface area contributed by atoms with E-state index in [-0.39, 0.29) is 0 Å². The van der Waals surface area contributed by atoms with Crippen molar-refractivity contribution in [1.29, 1.82) is 0 Å². The summed E-state index contributed by atoms with van der Waals surface area (Å²) in [5.74, 6) is 1.33. The zero-order valence-electron chi connectivity index (χ0n) is 10.6. The van der Waals surface area contributed by atoms with Crippen LogP contribution in [0.1, 0.15) is 5.56 Å². The Hall–Kier alpha value is -1.87. The summed E-state index contributed by atoms with van der Waals surface area (Å²) in [6, 6.07) is 14.2. The Morgan fingerprint density at radius 2 is 2.00 bits per heavy atom. The molecule has 1 N–H and O–H groups in total. The largest absolute Gasteiger partial charge is 0.508 e. The minimum atomic E-state index is 0.334. The third-order valence-electron chi connectivity index (χ3n) is 3.78. The number of aryl methyl sites for hydroxylation is 1. The van der Waals surface area contributed by atoms with Crippen molar-refractivity contribution in [1.82, 2.24) is 4.57 Å². The Bertz CT molecular complexity index is 804. The molecule has 1 aliphatic rings. The van der Waals surface area contributed by atoms with Crippen molar-refractivity contribution in [2.24, 2.45) is 7.05 Å². The fraction of sp³-hybridized carbons (Fsp3) is 0.125. The summed E-state index contributed by atoms with van der Waals surface area (Å²) in [6.07, 6.45) is 0. The summed E-state index contributed by atoms with van der Waals surface area (Å²) >= 11 is 1.86. The number of hydrogen-bond acceptors (Lipinski definition) is 2. The van der Waals surface area contributed by atoms with Gasteiger partial charge in [0.05, 0.1) is 5.69 Å². The molecule has 2 nitrogen and oxygen atoms in total. The molecule has 94 valence electrons. The highest BCUT2D eigenvalue weighted by atomic mass is 32.2. The Morgan fingerprint density at radius 3 is 2.89 bits per heavy atom. The van der Waals surface area contributed by atoms with Gasteiger partial charge in [-0.3, -0.25) is 0 Å². The van der Waals surface area contributed by atoms with E-state index in [0.717, 1.165) is 11.1 Å². The third kappa shape index (κ3) is 1.45. The molecule has 0 saturated heterocycles. The second-order valence-electron chi connectivity index (χ2n) is 4.88. The van der Waals surface area contributed by atoms with E-state index in [1.807, 2.05) is 23.9 Å². The van der Waals surface area contributed by atoms with E-state index in [1.54, 1.807) is 6.07 Å². The highest BCUT2D eigenvalue weighted by molar-refractivity contribution is 7.99. The van der Waals surface area contributed by atoms with Gasteiger partial charge in [0.15, 0.2) is 0 Å². The van der Waals surface area contributed by atoms with Crippen LogP contribution in [0.4, 0.5) is 0 Å². The molecule has 2 aromatic carbocycles. The highest BCUT2D eigenvalue weighted by Crippen LogP contribution is 2.47. The van der Waals surface area contributed by atoms with Gasteiger partial charge in [0.1, 0.15) is 5.75 Å². The number of aromatic hydroxyl groups is 1. The molecule has 3 heteroatoms. The van der Waals surface area contributed by atoms with Crippen LogP contribution in [0.25, 0.3) is 22.2 Å². The van der Waals surface area contributed by atoms with Crippen LogP contribution >= 0.6 is 11.8 Å². The predicted octanol–water partition coefficient (Wildman–Crippen LogP) is 4.16. The molecule has 2 heterocycles. The van der Waals surface area contributed by atoms with E-state index in [0.29, 0.717) is 5.75 Å². The van der Waals surface area contributed by atoms with E-state index >= 15 is 0 Å². The number of hydrogen-bond donors (Lipinski definition) is 1. The van der Waals surface area contributed by atoms with E-state index in [1.165, 1.54) is 27.2 Å². The smallest absolute Gasteiger partial charge is 0.116 e. The van der Waals surface area contributed by atoms with Gasteiger partial charge in [-0.05, 0) is 23.8 Å². The number of thioether (sulfide) groups is 1. The van der Waals surface area contributed by atoms with Crippen LogP contribution in [0, 0.1) is 0 Å². The lowest BCUT2D eigenvalue weighted by molar-refractivity contribution is 0.476. The summed E-state index contributed by atoms with van der Waals surface area (Å²) in [5.41, 5.74) is 5.14. The molecule has 1 aliphatic heterocycles. The average Bonchev–Trinajstić information content (AvgIpc) is 2.72. The molecule has 1 aromatic heterocycles. The predicted molar refractivity (Wildman–Crippen MR) is 79.6 cm³/mol. The lowest BCUT2D eigenvalue weighted by Gasteiger charge is -2.17. The van der Waals surface area contributed by atoms with Gasteiger partial charge >= 0.3 is 0 Å².